The number of nitrogens with one attached hydrogen (secondary N) is 1. The van der Waals surface area contributed by atoms with Gasteiger partial charge >= 0.3 is 0 Å². The molecule has 0 saturated carbocycles. The molecule has 0 unspecified atom stereocenters. The van der Waals surface area contributed by atoms with Crippen molar-refractivity contribution in [2.24, 2.45) is 0 Å². The SMILES string of the molecule is O=C(NOCc1ccccc1)c1ccc(N2CCOCC2)cc1. The van der Waals surface area contributed by atoms with Gasteiger partial charge in [0.2, 0.25) is 0 Å². The monoisotopic (exact) mass is 312 g/mol. The normalized spacial score (nSPS) is 14.5. The molecule has 0 atom stereocenters. The van der Waals surface area contributed by atoms with Crippen LogP contribution in [0.25, 0.3) is 0 Å². The zero-order chi connectivity index (χ0) is 15.9. The first-order chi connectivity index (χ1) is 11.3. The van der Waals surface area contributed by atoms with Crippen molar-refractivity contribution in [3.05, 3.63) is 65.7 Å². The number of morpholine rings is 1. The number of carbonyl (C=O) groups excluding carboxylic acids is 1. The van der Waals surface area contributed by atoms with Gasteiger partial charge in [-0.3, -0.25) is 9.63 Å². The standard InChI is InChI=1S/C18H20N2O3/c21-18(19-23-14-15-4-2-1-3-5-15)16-6-8-17(9-7-16)20-10-12-22-13-11-20/h1-9H,10-14H2,(H,19,21). The zero-order valence-corrected chi connectivity index (χ0v) is 12.9. The second-order valence-electron chi connectivity index (χ2n) is 5.35. The summed E-state index contributed by atoms with van der Waals surface area (Å²) in [5.74, 6) is -0.241. The van der Waals surface area contributed by atoms with Crippen molar-refractivity contribution in [2.45, 2.75) is 6.61 Å². The lowest BCUT2D eigenvalue weighted by atomic mass is 10.2. The summed E-state index contributed by atoms with van der Waals surface area (Å²) in [7, 11) is 0. The minimum absolute atomic E-state index is 0.241. The number of rotatable bonds is 5. The van der Waals surface area contributed by atoms with E-state index in [-0.39, 0.29) is 5.91 Å². The quantitative estimate of drug-likeness (QED) is 0.861. The lowest BCUT2D eigenvalue weighted by Crippen LogP contribution is -2.36. The van der Waals surface area contributed by atoms with Crippen molar-refractivity contribution in [1.82, 2.24) is 5.48 Å². The van der Waals surface area contributed by atoms with E-state index in [1.165, 1.54) is 0 Å². The van der Waals surface area contributed by atoms with Crippen LogP contribution in [0, 0.1) is 0 Å². The molecule has 1 aliphatic rings. The Balaban J connectivity index is 1.51. The van der Waals surface area contributed by atoms with Crippen LogP contribution in [-0.4, -0.2) is 32.2 Å². The van der Waals surface area contributed by atoms with Gasteiger partial charge in [0.25, 0.3) is 5.91 Å². The smallest absolute Gasteiger partial charge is 0.274 e. The Morgan fingerprint density at radius 2 is 1.74 bits per heavy atom. The van der Waals surface area contributed by atoms with Gasteiger partial charge in [-0.1, -0.05) is 30.3 Å². The highest BCUT2D eigenvalue weighted by Gasteiger charge is 2.12. The van der Waals surface area contributed by atoms with E-state index in [4.69, 9.17) is 9.57 Å². The summed E-state index contributed by atoms with van der Waals surface area (Å²) in [5, 5.41) is 0. The van der Waals surface area contributed by atoms with Gasteiger partial charge in [0.15, 0.2) is 0 Å². The van der Waals surface area contributed by atoms with Gasteiger partial charge in [0.1, 0.15) is 0 Å². The van der Waals surface area contributed by atoms with Gasteiger partial charge in [0, 0.05) is 24.3 Å². The van der Waals surface area contributed by atoms with Gasteiger partial charge < -0.3 is 9.64 Å². The van der Waals surface area contributed by atoms with Gasteiger partial charge in [-0.25, -0.2) is 5.48 Å². The Hall–Kier alpha value is -2.37. The van der Waals surface area contributed by atoms with E-state index in [1.54, 1.807) is 0 Å². The minimum Gasteiger partial charge on any atom is -0.378 e. The highest BCUT2D eigenvalue weighted by Crippen LogP contribution is 2.16. The molecule has 23 heavy (non-hydrogen) atoms. The summed E-state index contributed by atoms with van der Waals surface area (Å²) in [5.41, 5.74) is 5.17. The van der Waals surface area contributed by atoms with Crippen LogP contribution in [-0.2, 0) is 16.2 Å². The van der Waals surface area contributed by atoms with Crippen molar-refractivity contribution < 1.29 is 14.4 Å². The van der Waals surface area contributed by atoms with Crippen molar-refractivity contribution in [2.75, 3.05) is 31.2 Å². The lowest BCUT2D eigenvalue weighted by molar-refractivity contribution is 0.0233. The number of amides is 1. The third kappa shape index (κ3) is 4.31. The van der Waals surface area contributed by atoms with Crippen LogP contribution < -0.4 is 10.4 Å². The van der Waals surface area contributed by atoms with Crippen molar-refractivity contribution in [3.8, 4) is 0 Å². The van der Waals surface area contributed by atoms with Gasteiger partial charge in [-0.2, -0.15) is 0 Å². The van der Waals surface area contributed by atoms with Crippen LogP contribution in [0.4, 0.5) is 5.69 Å². The van der Waals surface area contributed by atoms with E-state index in [9.17, 15) is 4.79 Å². The summed E-state index contributed by atoms with van der Waals surface area (Å²) in [6.45, 7) is 3.60. The number of anilines is 1. The van der Waals surface area contributed by atoms with Crippen LogP contribution in [0.3, 0.4) is 0 Å². The Morgan fingerprint density at radius 1 is 1.04 bits per heavy atom. The fourth-order valence-electron chi connectivity index (χ4n) is 2.46. The Bertz CT molecular complexity index is 622. The first-order valence-corrected chi connectivity index (χ1v) is 7.72. The second kappa shape index (κ2) is 7.76. The van der Waals surface area contributed by atoms with Gasteiger partial charge in [0.05, 0.1) is 19.8 Å². The van der Waals surface area contributed by atoms with E-state index in [0.29, 0.717) is 12.2 Å². The first-order valence-electron chi connectivity index (χ1n) is 7.72. The van der Waals surface area contributed by atoms with Crippen LogP contribution >= 0.6 is 0 Å². The highest BCUT2D eigenvalue weighted by atomic mass is 16.6. The molecular weight excluding hydrogens is 292 g/mol. The van der Waals surface area contributed by atoms with Crippen LogP contribution in [0.15, 0.2) is 54.6 Å². The van der Waals surface area contributed by atoms with Crippen molar-refractivity contribution in [1.29, 1.82) is 0 Å². The largest absolute Gasteiger partial charge is 0.378 e. The van der Waals surface area contributed by atoms with Crippen LogP contribution in [0.5, 0.6) is 0 Å². The molecule has 1 saturated heterocycles. The summed E-state index contributed by atoms with van der Waals surface area (Å²) >= 11 is 0. The molecule has 1 amide bonds. The summed E-state index contributed by atoms with van der Waals surface area (Å²) in [6.07, 6.45) is 0. The molecule has 1 fully saturated rings. The van der Waals surface area contributed by atoms with E-state index in [2.05, 4.69) is 10.4 Å². The number of hydrogen-bond donors (Lipinski definition) is 1. The molecule has 2 aromatic rings. The predicted octanol–water partition coefficient (Wildman–Crippen LogP) is 2.38. The molecule has 0 aliphatic carbocycles. The molecule has 5 heteroatoms. The Morgan fingerprint density at radius 3 is 2.43 bits per heavy atom. The maximum atomic E-state index is 12.1. The number of nitrogens with zero attached hydrogens (tertiary/aromatic N) is 1. The molecule has 5 nitrogen and oxygen atoms in total. The van der Waals surface area contributed by atoms with E-state index < -0.39 is 0 Å². The molecule has 120 valence electrons. The molecule has 1 heterocycles. The molecule has 2 aromatic carbocycles. The fourth-order valence-corrected chi connectivity index (χ4v) is 2.46. The van der Waals surface area contributed by atoms with E-state index >= 15 is 0 Å². The Labute approximate surface area is 135 Å². The predicted molar refractivity (Wildman–Crippen MR) is 88.2 cm³/mol. The molecule has 3 rings (SSSR count). The van der Waals surface area contributed by atoms with Gasteiger partial charge in [-0.15, -0.1) is 0 Å². The second-order valence-corrected chi connectivity index (χ2v) is 5.35. The van der Waals surface area contributed by atoms with E-state index in [0.717, 1.165) is 37.6 Å². The van der Waals surface area contributed by atoms with Crippen molar-refractivity contribution in [3.63, 3.8) is 0 Å². The van der Waals surface area contributed by atoms with Crippen molar-refractivity contribution >= 4 is 11.6 Å². The van der Waals surface area contributed by atoms with E-state index in [1.807, 2.05) is 54.6 Å². The average Bonchev–Trinajstić information content (AvgIpc) is 2.63. The molecule has 0 bridgehead atoms. The summed E-state index contributed by atoms with van der Waals surface area (Å²) in [6, 6.07) is 17.2. The molecule has 1 aliphatic heterocycles. The minimum atomic E-state index is -0.241. The molecule has 1 N–H and O–H groups in total. The number of benzene rings is 2. The maximum Gasteiger partial charge on any atom is 0.274 e. The lowest BCUT2D eigenvalue weighted by Gasteiger charge is -2.28. The van der Waals surface area contributed by atoms with Crippen LogP contribution in [0.1, 0.15) is 15.9 Å². The van der Waals surface area contributed by atoms with Gasteiger partial charge in [-0.05, 0) is 29.8 Å². The topological polar surface area (TPSA) is 50.8 Å². The summed E-state index contributed by atoms with van der Waals surface area (Å²) < 4.78 is 5.34. The molecule has 0 spiro atoms. The number of hydrogen-bond acceptors (Lipinski definition) is 4. The average molecular weight is 312 g/mol. The third-order valence-electron chi connectivity index (χ3n) is 3.75. The highest BCUT2D eigenvalue weighted by molar-refractivity contribution is 5.93. The van der Waals surface area contributed by atoms with Crippen LogP contribution in [0.2, 0.25) is 0 Å². The zero-order valence-electron chi connectivity index (χ0n) is 12.9. The molecule has 0 radical (unpaired) electrons. The molecule has 0 aromatic heterocycles. The Kier molecular flexibility index (Phi) is 5.24. The summed E-state index contributed by atoms with van der Waals surface area (Å²) in [4.78, 5) is 19.6. The number of carbonyl (C=O) groups is 1. The first kappa shape index (κ1) is 15.5. The third-order valence-corrected chi connectivity index (χ3v) is 3.75. The molecular formula is C18H20N2O3. The number of ether oxygens (including phenoxy) is 1. The maximum absolute atomic E-state index is 12.1. The number of hydroxylamine groups is 1. The fraction of sp³-hybridized carbons (Fsp3) is 0.278.